The van der Waals surface area contributed by atoms with Crippen molar-refractivity contribution < 1.29 is 18.0 Å². The molecule has 2 N–H and O–H groups in total. The Bertz CT molecular complexity index is 1190. The number of nitrogens with zero attached hydrogens (tertiary/aromatic N) is 1. The second-order valence-corrected chi connectivity index (χ2v) is 10.3. The maximum absolute atomic E-state index is 13.1. The van der Waals surface area contributed by atoms with Crippen molar-refractivity contribution in [2.45, 2.75) is 30.2 Å². The fourth-order valence-corrected chi connectivity index (χ4v) is 5.98. The van der Waals surface area contributed by atoms with E-state index in [4.69, 9.17) is 0 Å². The molecule has 0 bridgehead atoms. The summed E-state index contributed by atoms with van der Waals surface area (Å²) >= 11 is 1.34. The van der Waals surface area contributed by atoms with E-state index in [2.05, 4.69) is 10.6 Å². The number of hydrogen-bond donors (Lipinski definition) is 2. The van der Waals surface area contributed by atoms with E-state index in [9.17, 15) is 18.0 Å². The molecule has 166 valence electrons. The van der Waals surface area contributed by atoms with Crippen LogP contribution in [-0.4, -0.2) is 37.1 Å². The molecule has 1 atom stereocenters. The van der Waals surface area contributed by atoms with Gasteiger partial charge in [-0.05, 0) is 54.6 Å². The molecule has 2 aromatic carbocycles. The third-order valence-electron chi connectivity index (χ3n) is 5.24. The average Bonchev–Trinajstić information content (AvgIpc) is 3.35. The zero-order chi connectivity index (χ0) is 22.6. The number of piperidine rings is 1. The fourth-order valence-electron chi connectivity index (χ4n) is 3.68. The summed E-state index contributed by atoms with van der Waals surface area (Å²) in [5, 5.41) is 7.45. The minimum atomic E-state index is -3.78. The monoisotopic (exact) mass is 469 g/mol. The summed E-state index contributed by atoms with van der Waals surface area (Å²) in [6.07, 6.45) is 1.93. The molecule has 1 saturated heterocycles. The van der Waals surface area contributed by atoms with Crippen LogP contribution in [0.25, 0.3) is 0 Å². The van der Waals surface area contributed by atoms with Gasteiger partial charge in [-0.1, -0.05) is 36.8 Å². The highest BCUT2D eigenvalue weighted by atomic mass is 32.2. The summed E-state index contributed by atoms with van der Waals surface area (Å²) < 4.78 is 27.6. The van der Waals surface area contributed by atoms with Gasteiger partial charge in [-0.2, -0.15) is 4.31 Å². The first-order chi connectivity index (χ1) is 15.4. The van der Waals surface area contributed by atoms with Crippen molar-refractivity contribution in [2.75, 3.05) is 17.2 Å². The maximum Gasteiger partial charge on any atom is 0.265 e. The zero-order valence-electron chi connectivity index (χ0n) is 17.2. The molecule has 0 spiro atoms. The van der Waals surface area contributed by atoms with E-state index in [1.54, 1.807) is 66.7 Å². The number of hydrogen-bond acceptors (Lipinski definition) is 5. The molecule has 7 nitrogen and oxygen atoms in total. The van der Waals surface area contributed by atoms with Crippen molar-refractivity contribution >= 4 is 44.5 Å². The van der Waals surface area contributed by atoms with E-state index < -0.39 is 16.1 Å². The molecule has 1 unspecified atom stereocenters. The van der Waals surface area contributed by atoms with Crippen LogP contribution >= 0.6 is 11.3 Å². The number of amides is 2. The molecule has 9 heteroatoms. The van der Waals surface area contributed by atoms with Gasteiger partial charge in [0.1, 0.15) is 6.04 Å². The van der Waals surface area contributed by atoms with Crippen molar-refractivity contribution in [3.63, 3.8) is 0 Å². The summed E-state index contributed by atoms with van der Waals surface area (Å²) in [7, 11) is -3.78. The first kappa shape index (κ1) is 22.2. The molecule has 2 amide bonds. The molecular weight excluding hydrogens is 446 g/mol. The molecule has 0 aliphatic carbocycles. The Kier molecular flexibility index (Phi) is 6.69. The topological polar surface area (TPSA) is 95.6 Å². The van der Waals surface area contributed by atoms with Crippen LogP contribution in [0.4, 0.5) is 11.4 Å². The molecule has 1 aliphatic heterocycles. The van der Waals surface area contributed by atoms with Crippen molar-refractivity contribution in [2.24, 2.45) is 0 Å². The third kappa shape index (κ3) is 4.90. The second-order valence-electron chi connectivity index (χ2n) is 7.44. The smallest absolute Gasteiger partial charge is 0.265 e. The normalized spacial score (nSPS) is 16.9. The number of thiophene rings is 1. The summed E-state index contributed by atoms with van der Waals surface area (Å²) in [6.45, 7) is 0.298. The van der Waals surface area contributed by atoms with Gasteiger partial charge in [0.2, 0.25) is 15.9 Å². The van der Waals surface area contributed by atoms with E-state index >= 15 is 0 Å². The van der Waals surface area contributed by atoms with Gasteiger partial charge in [0, 0.05) is 17.9 Å². The van der Waals surface area contributed by atoms with Gasteiger partial charge < -0.3 is 10.6 Å². The fraction of sp³-hybridized carbons (Fsp3) is 0.217. The highest BCUT2D eigenvalue weighted by Crippen LogP contribution is 2.27. The summed E-state index contributed by atoms with van der Waals surface area (Å²) in [5.74, 6) is -0.609. The SMILES string of the molecule is O=C(Nc1cccc(NC(=O)C2CCCCN2S(=O)(=O)c2ccccc2)c1)c1cccs1. The van der Waals surface area contributed by atoms with Crippen LogP contribution in [0.3, 0.4) is 0 Å². The number of nitrogens with one attached hydrogen (secondary N) is 2. The Labute approximate surface area is 191 Å². The summed E-state index contributed by atoms with van der Waals surface area (Å²) in [4.78, 5) is 26.1. The van der Waals surface area contributed by atoms with Crippen molar-refractivity contribution in [3.05, 3.63) is 77.0 Å². The molecule has 1 aromatic heterocycles. The number of anilines is 2. The lowest BCUT2D eigenvalue weighted by atomic mass is 10.0. The van der Waals surface area contributed by atoms with Gasteiger partial charge in [0.05, 0.1) is 9.77 Å². The van der Waals surface area contributed by atoms with E-state index in [1.807, 2.05) is 5.38 Å². The maximum atomic E-state index is 13.1. The Hall–Kier alpha value is -3.01. The van der Waals surface area contributed by atoms with Crippen molar-refractivity contribution in [1.82, 2.24) is 4.31 Å². The predicted molar refractivity (Wildman–Crippen MR) is 125 cm³/mol. The van der Waals surface area contributed by atoms with Crippen molar-refractivity contribution in [3.8, 4) is 0 Å². The van der Waals surface area contributed by atoms with Gasteiger partial charge in [0.25, 0.3) is 5.91 Å². The van der Waals surface area contributed by atoms with E-state index in [-0.39, 0.29) is 16.7 Å². The number of carbonyl (C=O) groups is 2. The number of carbonyl (C=O) groups excluding carboxylic acids is 2. The molecule has 3 aromatic rings. The Morgan fingerprint density at radius 3 is 2.38 bits per heavy atom. The zero-order valence-corrected chi connectivity index (χ0v) is 18.9. The average molecular weight is 470 g/mol. The highest BCUT2D eigenvalue weighted by Gasteiger charge is 2.37. The Morgan fingerprint density at radius 2 is 1.66 bits per heavy atom. The predicted octanol–water partition coefficient (Wildman–Crippen LogP) is 4.18. The van der Waals surface area contributed by atoms with Gasteiger partial charge in [0.15, 0.2) is 0 Å². The molecule has 4 rings (SSSR count). The van der Waals surface area contributed by atoms with Crippen LogP contribution in [0, 0.1) is 0 Å². The quantitative estimate of drug-likeness (QED) is 0.566. The van der Waals surface area contributed by atoms with Gasteiger partial charge in [-0.3, -0.25) is 9.59 Å². The molecule has 1 fully saturated rings. The highest BCUT2D eigenvalue weighted by molar-refractivity contribution is 7.89. The summed E-state index contributed by atoms with van der Waals surface area (Å²) in [5.41, 5.74) is 1.03. The van der Waals surface area contributed by atoms with Crippen LogP contribution in [0.2, 0.25) is 0 Å². The van der Waals surface area contributed by atoms with E-state index in [1.165, 1.54) is 15.6 Å². The standard InChI is InChI=1S/C23H23N3O4S2/c27-22(20-12-4-5-14-26(20)32(29,30)19-10-2-1-3-11-19)24-17-8-6-9-18(16-17)25-23(28)21-13-7-15-31-21/h1-3,6-11,13,15-16,20H,4-5,12,14H2,(H,24,27)(H,25,28). The van der Waals surface area contributed by atoms with E-state index in [0.717, 1.165) is 6.42 Å². The lowest BCUT2D eigenvalue weighted by Crippen LogP contribution is -2.49. The Morgan fingerprint density at radius 1 is 0.906 bits per heavy atom. The first-order valence-corrected chi connectivity index (χ1v) is 12.6. The second kappa shape index (κ2) is 9.64. The van der Waals surface area contributed by atoms with Crippen LogP contribution in [0.15, 0.2) is 77.0 Å². The minimum absolute atomic E-state index is 0.179. The van der Waals surface area contributed by atoms with Crippen LogP contribution in [0.5, 0.6) is 0 Å². The third-order valence-corrected chi connectivity index (χ3v) is 8.03. The lowest BCUT2D eigenvalue weighted by molar-refractivity contribution is -0.120. The minimum Gasteiger partial charge on any atom is -0.325 e. The molecule has 0 saturated carbocycles. The van der Waals surface area contributed by atoms with E-state index in [0.29, 0.717) is 35.6 Å². The first-order valence-electron chi connectivity index (χ1n) is 10.3. The van der Waals surface area contributed by atoms with Gasteiger partial charge in [-0.25, -0.2) is 8.42 Å². The molecule has 32 heavy (non-hydrogen) atoms. The van der Waals surface area contributed by atoms with Crippen molar-refractivity contribution in [1.29, 1.82) is 0 Å². The van der Waals surface area contributed by atoms with Crippen LogP contribution < -0.4 is 10.6 Å². The van der Waals surface area contributed by atoms with Crippen LogP contribution in [-0.2, 0) is 14.8 Å². The lowest BCUT2D eigenvalue weighted by Gasteiger charge is -2.33. The molecule has 0 radical (unpaired) electrons. The van der Waals surface area contributed by atoms with Crippen LogP contribution in [0.1, 0.15) is 28.9 Å². The van der Waals surface area contributed by atoms with Gasteiger partial charge >= 0.3 is 0 Å². The summed E-state index contributed by atoms with van der Waals surface area (Å²) in [6, 6.07) is 17.7. The Balaban J connectivity index is 1.49. The molecule has 1 aliphatic rings. The number of benzene rings is 2. The molecular formula is C23H23N3O4S2. The van der Waals surface area contributed by atoms with Gasteiger partial charge in [-0.15, -0.1) is 11.3 Å². The largest absolute Gasteiger partial charge is 0.325 e. The molecule has 2 heterocycles. The number of sulfonamides is 1. The number of rotatable bonds is 6.